The lowest BCUT2D eigenvalue weighted by Gasteiger charge is -2.06. The fraction of sp³-hybridized carbons (Fsp3) is 0.385. The van der Waals surface area contributed by atoms with Crippen molar-refractivity contribution in [2.24, 2.45) is 0 Å². The van der Waals surface area contributed by atoms with E-state index >= 15 is 0 Å². The van der Waals surface area contributed by atoms with Crippen molar-refractivity contribution in [3.05, 3.63) is 35.5 Å². The van der Waals surface area contributed by atoms with Gasteiger partial charge in [0.05, 0.1) is 0 Å². The van der Waals surface area contributed by atoms with Crippen LogP contribution in [0.2, 0.25) is 0 Å². The Kier molecular flexibility index (Phi) is 2.03. The van der Waals surface area contributed by atoms with Crippen LogP contribution < -0.4 is 5.32 Å². The van der Waals surface area contributed by atoms with Crippen molar-refractivity contribution in [3.8, 4) is 0 Å². The second-order valence-electron chi connectivity index (χ2n) is 4.48. The summed E-state index contributed by atoms with van der Waals surface area (Å²) in [5, 5.41) is 4.83. The Balaban J connectivity index is 2.13. The smallest absolute Gasteiger partial charge is 0.0457 e. The van der Waals surface area contributed by atoms with Gasteiger partial charge in [0.2, 0.25) is 0 Å². The van der Waals surface area contributed by atoms with E-state index in [4.69, 9.17) is 0 Å². The third-order valence-electron chi connectivity index (χ3n) is 3.37. The van der Waals surface area contributed by atoms with Crippen LogP contribution >= 0.6 is 0 Å². The summed E-state index contributed by atoms with van der Waals surface area (Å²) in [6, 6.07) is 6.63. The van der Waals surface area contributed by atoms with E-state index in [-0.39, 0.29) is 0 Å². The lowest BCUT2D eigenvalue weighted by Crippen LogP contribution is -2.07. The van der Waals surface area contributed by atoms with Crippen molar-refractivity contribution in [2.75, 3.05) is 13.1 Å². The third-order valence-corrected chi connectivity index (χ3v) is 3.37. The number of benzene rings is 1. The lowest BCUT2D eigenvalue weighted by atomic mass is 9.97. The minimum absolute atomic E-state index is 0.695. The summed E-state index contributed by atoms with van der Waals surface area (Å²) in [6.45, 7) is 4.44. The summed E-state index contributed by atoms with van der Waals surface area (Å²) in [5.74, 6) is 0.695. The molecule has 0 radical (unpaired) electrons. The van der Waals surface area contributed by atoms with E-state index in [0.29, 0.717) is 5.92 Å². The summed E-state index contributed by atoms with van der Waals surface area (Å²) in [7, 11) is 0. The molecule has 1 aliphatic rings. The number of H-pyrrole nitrogens is 1. The average molecular weight is 200 g/mol. The molecule has 0 aliphatic carbocycles. The summed E-state index contributed by atoms with van der Waals surface area (Å²) in [4.78, 5) is 3.36. The number of hydrogen-bond donors (Lipinski definition) is 2. The van der Waals surface area contributed by atoms with Gasteiger partial charge in [0.15, 0.2) is 0 Å². The zero-order valence-corrected chi connectivity index (χ0v) is 9.01. The van der Waals surface area contributed by atoms with Gasteiger partial charge in [0.25, 0.3) is 0 Å². The molecule has 3 rings (SSSR count). The van der Waals surface area contributed by atoms with Crippen LogP contribution in [-0.2, 0) is 0 Å². The maximum atomic E-state index is 3.43. The van der Waals surface area contributed by atoms with Gasteiger partial charge in [-0.05, 0) is 43.5 Å². The fourth-order valence-corrected chi connectivity index (χ4v) is 2.51. The van der Waals surface area contributed by atoms with E-state index in [0.717, 1.165) is 13.1 Å². The summed E-state index contributed by atoms with van der Waals surface area (Å²) >= 11 is 0. The molecule has 1 aliphatic heterocycles. The molecule has 1 unspecified atom stereocenters. The van der Waals surface area contributed by atoms with Crippen molar-refractivity contribution in [1.82, 2.24) is 10.3 Å². The standard InChI is InChI=1S/C13H16N2/c1-9-2-3-13-11(6-9)12(8-15-13)10-4-5-14-7-10/h2-3,6,8,10,14-15H,4-5,7H2,1H3. The second-order valence-corrected chi connectivity index (χ2v) is 4.48. The first-order valence-corrected chi connectivity index (χ1v) is 5.63. The first kappa shape index (κ1) is 8.98. The van der Waals surface area contributed by atoms with Crippen LogP contribution in [0.5, 0.6) is 0 Å². The molecule has 2 heteroatoms. The number of rotatable bonds is 1. The molecule has 1 aromatic heterocycles. The lowest BCUT2D eigenvalue weighted by molar-refractivity contribution is 0.769. The number of aryl methyl sites for hydroxylation is 1. The van der Waals surface area contributed by atoms with Gasteiger partial charge in [0.1, 0.15) is 0 Å². The van der Waals surface area contributed by atoms with Gasteiger partial charge >= 0.3 is 0 Å². The van der Waals surface area contributed by atoms with Crippen molar-refractivity contribution in [3.63, 3.8) is 0 Å². The fourth-order valence-electron chi connectivity index (χ4n) is 2.51. The van der Waals surface area contributed by atoms with Gasteiger partial charge in [0, 0.05) is 23.6 Å². The Morgan fingerprint density at radius 2 is 2.27 bits per heavy atom. The number of fused-ring (bicyclic) bond motifs is 1. The van der Waals surface area contributed by atoms with Crippen molar-refractivity contribution in [1.29, 1.82) is 0 Å². The van der Waals surface area contributed by atoms with E-state index in [1.165, 1.54) is 28.5 Å². The van der Waals surface area contributed by atoms with Crippen LogP contribution in [0.15, 0.2) is 24.4 Å². The Labute approximate surface area is 89.7 Å². The molecule has 0 spiro atoms. The molecule has 15 heavy (non-hydrogen) atoms. The van der Waals surface area contributed by atoms with Gasteiger partial charge < -0.3 is 10.3 Å². The Bertz CT molecular complexity index is 478. The molecular formula is C13H16N2. The monoisotopic (exact) mass is 200 g/mol. The van der Waals surface area contributed by atoms with Crippen LogP contribution in [0.25, 0.3) is 10.9 Å². The van der Waals surface area contributed by atoms with Crippen LogP contribution in [0, 0.1) is 6.92 Å². The first-order valence-electron chi connectivity index (χ1n) is 5.63. The van der Waals surface area contributed by atoms with E-state index in [2.05, 4.69) is 41.6 Å². The molecular weight excluding hydrogens is 184 g/mol. The predicted octanol–water partition coefficient (Wildman–Crippen LogP) is 2.55. The van der Waals surface area contributed by atoms with Crippen molar-refractivity contribution < 1.29 is 0 Å². The number of aromatic nitrogens is 1. The van der Waals surface area contributed by atoms with Gasteiger partial charge in [-0.3, -0.25) is 0 Å². The second kappa shape index (κ2) is 3.38. The van der Waals surface area contributed by atoms with Crippen LogP contribution in [-0.4, -0.2) is 18.1 Å². The molecule has 1 fully saturated rings. The molecule has 2 N–H and O–H groups in total. The normalized spacial score (nSPS) is 21.3. The highest BCUT2D eigenvalue weighted by Crippen LogP contribution is 2.29. The van der Waals surface area contributed by atoms with E-state index in [1.807, 2.05) is 0 Å². The van der Waals surface area contributed by atoms with Gasteiger partial charge in [-0.1, -0.05) is 11.6 Å². The summed E-state index contributed by atoms with van der Waals surface area (Å²) in [5.41, 5.74) is 4.09. The highest BCUT2D eigenvalue weighted by atomic mass is 14.9. The minimum atomic E-state index is 0.695. The maximum absolute atomic E-state index is 3.43. The Hall–Kier alpha value is -1.28. The molecule has 78 valence electrons. The first-order chi connectivity index (χ1) is 7.34. The van der Waals surface area contributed by atoms with Crippen LogP contribution in [0.1, 0.15) is 23.5 Å². The molecule has 0 saturated carbocycles. The average Bonchev–Trinajstić information content (AvgIpc) is 2.83. The van der Waals surface area contributed by atoms with Crippen molar-refractivity contribution >= 4 is 10.9 Å². The Morgan fingerprint density at radius 3 is 3.07 bits per heavy atom. The van der Waals surface area contributed by atoms with Crippen LogP contribution in [0.4, 0.5) is 0 Å². The largest absolute Gasteiger partial charge is 0.361 e. The molecule has 0 bridgehead atoms. The summed E-state index contributed by atoms with van der Waals surface area (Å²) in [6.07, 6.45) is 3.45. The van der Waals surface area contributed by atoms with Gasteiger partial charge in [-0.2, -0.15) is 0 Å². The molecule has 0 amide bonds. The van der Waals surface area contributed by atoms with E-state index in [9.17, 15) is 0 Å². The Morgan fingerprint density at radius 1 is 1.33 bits per heavy atom. The number of hydrogen-bond acceptors (Lipinski definition) is 1. The summed E-state index contributed by atoms with van der Waals surface area (Å²) < 4.78 is 0. The van der Waals surface area contributed by atoms with E-state index in [1.54, 1.807) is 0 Å². The highest BCUT2D eigenvalue weighted by molar-refractivity contribution is 5.84. The van der Waals surface area contributed by atoms with Crippen molar-refractivity contribution in [2.45, 2.75) is 19.3 Å². The molecule has 1 aromatic carbocycles. The zero-order valence-electron chi connectivity index (χ0n) is 9.01. The molecule has 2 heterocycles. The third kappa shape index (κ3) is 1.45. The topological polar surface area (TPSA) is 27.8 Å². The quantitative estimate of drug-likeness (QED) is 0.727. The van der Waals surface area contributed by atoms with E-state index < -0.39 is 0 Å². The van der Waals surface area contributed by atoms with Gasteiger partial charge in [-0.15, -0.1) is 0 Å². The number of aromatic amines is 1. The molecule has 1 saturated heterocycles. The van der Waals surface area contributed by atoms with Crippen LogP contribution in [0.3, 0.4) is 0 Å². The SMILES string of the molecule is Cc1ccc2[nH]cc(C3CCNC3)c2c1. The molecule has 2 aromatic rings. The predicted molar refractivity (Wildman–Crippen MR) is 63.3 cm³/mol. The van der Waals surface area contributed by atoms with Gasteiger partial charge in [-0.25, -0.2) is 0 Å². The zero-order chi connectivity index (χ0) is 10.3. The highest BCUT2D eigenvalue weighted by Gasteiger charge is 2.19. The molecule has 1 atom stereocenters. The minimum Gasteiger partial charge on any atom is -0.361 e. The maximum Gasteiger partial charge on any atom is 0.0457 e. The number of nitrogens with one attached hydrogen (secondary N) is 2. The molecule has 2 nitrogen and oxygen atoms in total.